The van der Waals surface area contributed by atoms with Gasteiger partial charge in [-0.3, -0.25) is 5.01 Å². The molecule has 0 atom stereocenters. The smallest absolute Gasteiger partial charge is 0.214 e. The second kappa shape index (κ2) is 4.28. The monoisotopic (exact) mass is 252 g/mol. The summed E-state index contributed by atoms with van der Waals surface area (Å²) in [5.41, 5.74) is 7.41. The van der Waals surface area contributed by atoms with Crippen molar-refractivity contribution in [2.24, 2.45) is 0 Å². The highest BCUT2D eigenvalue weighted by Crippen LogP contribution is 2.35. The van der Waals surface area contributed by atoms with E-state index in [1.807, 2.05) is 12.1 Å². The molecular weight excluding hydrogens is 236 g/mol. The largest absolute Gasteiger partial charge is 0.439 e. The zero-order chi connectivity index (χ0) is 12.7. The first-order valence-electron chi connectivity index (χ1n) is 6.78. The molecule has 3 nitrogen and oxygen atoms in total. The molecule has 0 bridgehead atoms. The van der Waals surface area contributed by atoms with E-state index in [2.05, 4.69) is 40.8 Å². The maximum Gasteiger partial charge on any atom is 0.214 e. The Morgan fingerprint density at radius 3 is 3.16 bits per heavy atom. The zero-order valence-corrected chi connectivity index (χ0v) is 10.7. The number of allylic oxidation sites excluding steroid dienone is 4. The first-order valence-corrected chi connectivity index (χ1v) is 6.78. The van der Waals surface area contributed by atoms with Crippen LogP contribution in [0.5, 0.6) is 5.75 Å². The number of rotatable bonds is 0. The Morgan fingerprint density at radius 1 is 1.21 bits per heavy atom. The normalized spacial score (nSPS) is 20.8. The molecule has 2 heterocycles. The van der Waals surface area contributed by atoms with Gasteiger partial charge < -0.3 is 4.74 Å². The van der Waals surface area contributed by atoms with Gasteiger partial charge in [-0.25, -0.2) is 5.43 Å². The molecule has 96 valence electrons. The summed E-state index contributed by atoms with van der Waals surface area (Å²) in [5.74, 6) is 1.95. The maximum atomic E-state index is 6.20. The summed E-state index contributed by atoms with van der Waals surface area (Å²) in [4.78, 5) is 0. The van der Waals surface area contributed by atoms with E-state index in [0.717, 1.165) is 37.6 Å². The SMILES string of the molecule is C1=CCC2=C3Oc4ccccc4CNN3CCC2=C1. The molecular formula is C16H16N2O. The highest BCUT2D eigenvalue weighted by atomic mass is 16.5. The Kier molecular flexibility index (Phi) is 2.45. The summed E-state index contributed by atoms with van der Waals surface area (Å²) in [6.07, 6.45) is 8.59. The minimum Gasteiger partial charge on any atom is -0.439 e. The summed E-state index contributed by atoms with van der Waals surface area (Å²) < 4.78 is 6.20. The second-order valence-electron chi connectivity index (χ2n) is 5.05. The fraction of sp³-hybridized carbons (Fsp3) is 0.250. The molecule has 1 aliphatic carbocycles. The molecule has 0 amide bonds. The van der Waals surface area contributed by atoms with Gasteiger partial charge in [-0.1, -0.05) is 36.4 Å². The molecule has 0 fully saturated rings. The van der Waals surface area contributed by atoms with E-state index in [1.54, 1.807) is 0 Å². The summed E-state index contributed by atoms with van der Waals surface area (Å²) in [6.45, 7) is 1.79. The first kappa shape index (κ1) is 10.9. The van der Waals surface area contributed by atoms with Crippen LogP contribution in [-0.2, 0) is 6.54 Å². The second-order valence-corrected chi connectivity index (χ2v) is 5.05. The van der Waals surface area contributed by atoms with E-state index in [0.29, 0.717) is 0 Å². The molecule has 0 saturated carbocycles. The van der Waals surface area contributed by atoms with Gasteiger partial charge in [-0.15, -0.1) is 0 Å². The Balaban J connectivity index is 1.81. The van der Waals surface area contributed by atoms with E-state index in [1.165, 1.54) is 16.7 Å². The Morgan fingerprint density at radius 2 is 2.16 bits per heavy atom. The molecule has 1 aromatic carbocycles. The summed E-state index contributed by atoms with van der Waals surface area (Å²) >= 11 is 0. The van der Waals surface area contributed by atoms with Crippen LogP contribution in [0.15, 0.2) is 59.5 Å². The molecule has 3 aliphatic rings. The van der Waals surface area contributed by atoms with E-state index in [-0.39, 0.29) is 0 Å². The van der Waals surface area contributed by atoms with E-state index in [9.17, 15) is 0 Å². The number of benzene rings is 1. The summed E-state index contributed by atoms with van der Waals surface area (Å²) in [6, 6.07) is 8.25. The number of nitrogens with zero attached hydrogens (tertiary/aromatic N) is 1. The van der Waals surface area contributed by atoms with Crippen LogP contribution in [0.4, 0.5) is 0 Å². The molecule has 4 rings (SSSR count). The quantitative estimate of drug-likeness (QED) is 0.768. The lowest BCUT2D eigenvalue weighted by Crippen LogP contribution is -2.41. The maximum absolute atomic E-state index is 6.20. The van der Waals surface area contributed by atoms with Crippen LogP contribution >= 0.6 is 0 Å². The third-order valence-electron chi connectivity index (χ3n) is 3.89. The molecule has 1 aromatic rings. The first-order chi connectivity index (χ1) is 9.42. The molecule has 0 aromatic heterocycles. The standard InChI is InChI=1S/C16H16N2O/c1-3-7-14-12(5-1)9-10-18-16(14)19-15-8-4-2-6-13(15)11-17-18/h1-6,8,17H,7,9-11H2. The van der Waals surface area contributed by atoms with Gasteiger partial charge in [0.15, 0.2) is 0 Å². The molecule has 3 heteroatoms. The summed E-state index contributed by atoms with van der Waals surface area (Å²) in [5, 5.41) is 2.16. The van der Waals surface area contributed by atoms with Crippen LogP contribution < -0.4 is 10.2 Å². The number of hydrogen-bond acceptors (Lipinski definition) is 3. The predicted molar refractivity (Wildman–Crippen MR) is 74.1 cm³/mol. The molecule has 2 aliphatic heterocycles. The van der Waals surface area contributed by atoms with Gasteiger partial charge in [0.2, 0.25) is 5.88 Å². The molecule has 1 N–H and O–H groups in total. The van der Waals surface area contributed by atoms with Crippen molar-refractivity contribution >= 4 is 0 Å². The van der Waals surface area contributed by atoms with Crippen molar-refractivity contribution in [3.63, 3.8) is 0 Å². The van der Waals surface area contributed by atoms with Crippen molar-refractivity contribution in [3.05, 3.63) is 65.1 Å². The van der Waals surface area contributed by atoms with Crippen molar-refractivity contribution in [1.82, 2.24) is 10.4 Å². The topological polar surface area (TPSA) is 24.5 Å². The van der Waals surface area contributed by atoms with Crippen molar-refractivity contribution < 1.29 is 4.74 Å². The van der Waals surface area contributed by atoms with E-state index in [4.69, 9.17) is 4.74 Å². The van der Waals surface area contributed by atoms with Crippen molar-refractivity contribution in [1.29, 1.82) is 0 Å². The van der Waals surface area contributed by atoms with Gasteiger partial charge >= 0.3 is 0 Å². The van der Waals surface area contributed by atoms with Gasteiger partial charge in [0, 0.05) is 24.2 Å². The Hall–Kier alpha value is -2.00. The minimum absolute atomic E-state index is 0.821. The fourth-order valence-corrected chi connectivity index (χ4v) is 2.86. The minimum atomic E-state index is 0.821. The number of nitrogens with one attached hydrogen (secondary N) is 1. The van der Waals surface area contributed by atoms with Crippen LogP contribution in [-0.4, -0.2) is 11.6 Å². The third kappa shape index (κ3) is 1.78. The molecule has 0 saturated heterocycles. The number of fused-ring (bicyclic) bond motifs is 3. The molecule has 19 heavy (non-hydrogen) atoms. The Labute approximate surface area is 112 Å². The van der Waals surface area contributed by atoms with Crippen molar-refractivity contribution in [2.45, 2.75) is 19.4 Å². The number of para-hydroxylation sites is 1. The van der Waals surface area contributed by atoms with Crippen LogP contribution in [0.2, 0.25) is 0 Å². The average Bonchev–Trinajstić information content (AvgIpc) is 2.66. The van der Waals surface area contributed by atoms with Crippen LogP contribution in [0.1, 0.15) is 18.4 Å². The zero-order valence-electron chi connectivity index (χ0n) is 10.7. The predicted octanol–water partition coefficient (Wildman–Crippen LogP) is 2.89. The van der Waals surface area contributed by atoms with Gasteiger partial charge in [-0.2, -0.15) is 0 Å². The molecule has 0 unspecified atom stereocenters. The highest BCUT2D eigenvalue weighted by molar-refractivity contribution is 5.45. The van der Waals surface area contributed by atoms with Gasteiger partial charge in [0.25, 0.3) is 0 Å². The van der Waals surface area contributed by atoms with Crippen LogP contribution in [0.25, 0.3) is 0 Å². The molecule has 0 spiro atoms. The van der Waals surface area contributed by atoms with Gasteiger partial charge in [0.1, 0.15) is 5.75 Å². The van der Waals surface area contributed by atoms with Gasteiger partial charge in [0.05, 0.1) is 0 Å². The van der Waals surface area contributed by atoms with Crippen molar-refractivity contribution in [2.75, 3.05) is 6.54 Å². The number of ether oxygens (including phenoxy) is 1. The van der Waals surface area contributed by atoms with Crippen LogP contribution in [0, 0.1) is 0 Å². The van der Waals surface area contributed by atoms with E-state index >= 15 is 0 Å². The third-order valence-corrected chi connectivity index (χ3v) is 3.89. The van der Waals surface area contributed by atoms with E-state index < -0.39 is 0 Å². The lowest BCUT2D eigenvalue weighted by atomic mass is 9.93. The highest BCUT2D eigenvalue weighted by Gasteiger charge is 2.28. The lowest BCUT2D eigenvalue weighted by Gasteiger charge is -2.33. The van der Waals surface area contributed by atoms with Crippen LogP contribution in [0.3, 0.4) is 0 Å². The Bertz CT molecular complexity index is 613. The fourth-order valence-electron chi connectivity index (χ4n) is 2.86. The molecule has 0 radical (unpaired) electrons. The van der Waals surface area contributed by atoms with Gasteiger partial charge in [-0.05, 0) is 24.5 Å². The number of hydrogen-bond donors (Lipinski definition) is 1. The van der Waals surface area contributed by atoms with Crippen molar-refractivity contribution in [3.8, 4) is 5.75 Å². The average molecular weight is 252 g/mol. The number of hydrazine groups is 1. The summed E-state index contributed by atoms with van der Waals surface area (Å²) in [7, 11) is 0. The lowest BCUT2D eigenvalue weighted by molar-refractivity contribution is 0.155.